The van der Waals surface area contributed by atoms with E-state index >= 15 is 0 Å². The topological polar surface area (TPSA) is 71.8 Å². The molecule has 0 radical (unpaired) electrons. The Morgan fingerprint density at radius 1 is 1.08 bits per heavy atom. The molecule has 3 rings (SSSR count). The molecule has 0 atom stereocenters. The number of urea groups is 1. The lowest BCUT2D eigenvalue weighted by molar-refractivity contribution is 0.251. The van der Waals surface area contributed by atoms with Gasteiger partial charge in [0.2, 0.25) is 0 Å². The molecule has 0 fully saturated rings. The summed E-state index contributed by atoms with van der Waals surface area (Å²) >= 11 is 6.01. The number of carbonyl (C=O) groups is 1. The van der Waals surface area contributed by atoms with Crippen LogP contribution in [0.25, 0.3) is 0 Å². The third-order valence-electron chi connectivity index (χ3n) is 3.41. The zero-order valence-corrected chi connectivity index (χ0v) is 13.6. The van der Waals surface area contributed by atoms with Crippen LogP contribution in [0.15, 0.2) is 61.2 Å². The minimum Gasteiger partial charge on any atom is -0.334 e. The van der Waals surface area contributed by atoms with Gasteiger partial charge in [-0.05, 0) is 23.3 Å². The number of amides is 2. The van der Waals surface area contributed by atoms with Crippen LogP contribution in [0.2, 0.25) is 5.02 Å². The molecule has 0 unspecified atom stereocenters. The first kappa shape index (κ1) is 16.0. The molecular formula is C17H16ClN5O. The zero-order valence-electron chi connectivity index (χ0n) is 12.8. The zero-order chi connectivity index (χ0) is 16.8. The lowest BCUT2D eigenvalue weighted by Gasteiger charge is -2.09. The molecule has 24 heavy (non-hydrogen) atoms. The van der Waals surface area contributed by atoms with Gasteiger partial charge in [0.15, 0.2) is 0 Å². The Balaban J connectivity index is 1.51. The molecule has 2 amide bonds. The van der Waals surface area contributed by atoms with E-state index in [0.29, 0.717) is 23.8 Å². The number of carbonyl (C=O) groups excluding carboxylic acids is 1. The van der Waals surface area contributed by atoms with E-state index < -0.39 is 0 Å². The Bertz CT molecular complexity index is 802. The molecule has 1 aromatic heterocycles. The first-order chi connectivity index (χ1) is 11.7. The van der Waals surface area contributed by atoms with E-state index in [1.807, 2.05) is 36.4 Å². The van der Waals surface area contributed by atoms with Crippen LogP contribution in [0.3, 0.4) is 0 Å². The van der Waals surface area contributed by atoms with E-state index in [4.69, 9.17) is 11.6 Å². The maximum atomic E-state index is 11.9. The molecule has 0 aliphatic heterocycles. The van der Waals surface area contributed by atoms with Crippen molar-refractivity contribution in [2.75, 3.05) is 5.32 Å². The fourth-order valence-electron chi connectivity index (χ4n) is 2.18. The van der Waals surface area contributed by atoms with E-state index in [9.17, 15) is 4.79 Å². The average Bonchev–Trinajstić information content (AvgIpc) is 3.09. The first-order valence-corrected chi connectivity index (χ1v) is 7.78. The van der Waals surface area contributed by atoms with Crippen molar-refractivity contribution >= 4 is 23.3 Å². The van der Waals surface area contributed by atoms with Gasteiger partial charge in [0.25, 0.3) is 0 Å². The van der Waals surface area contributed by atoms with Gasteiger partial charge in [0, 0.05) is 6.54 Å². The number of hydrogen-bond donors (Lipinski definition) is 2. The Hall–Kier alpha value is -2.86. The van der Waals surface area contributed by atoms with Crippen molar-refractivity contribution in [2.45, 2.75) is 13.1 Å². The van der Waals surface area contributed by atoms with Crippen LogP contribution in [0.1, 0.15) is 11.1 Å². The standard InChI is InChI=1S/C17H16ClN5O/c18-15-3-1-2-4-16(15)22-17(24)20-9-13-5-7-14(8-6-13)10-23-12-19-11-21-23/h1-8,11-12H,9-10H2,(H2,20,22,24). The molecule has 0 saturated carbocycles. The van der Waals surface area contributed by atoms with Gasteiger partial charge >= 0.3 is 6.03 Å². The molecular weight excluding hydrogens is 326 g/mol. The SMILES string of the molecule is O=C(NCc1ccc(Cn2cncn2)cc1)Nc1ccccc1Cl. The molecule has 0 bridgehead atoms. The van der Waals surface area contributed by atoms with E-state index in [1.165, 1.54) is 6.33 Å². The molecule has 0 saturated heterocycles. The number of benzene rings is 2. The minimum atomic E-state index is -0.296. The number of rotatable bonds is 5. The van der Waals surface area contributed by atoms with Crippen LogP contribution in [-0.2, 0) is 13.1 Å². The number of para-hydroxylation sites is 1. The molecule has 2 N–H and O–H groups in total. The van der Waals surface area contributed by atoms with Crippen molar-refractivity contribution in [1.82, 2.24) is 20.1 Å². The second kappa shape index (κ2) is 7.61. The highest BCUT2D eigenvalue weighted by Gasteiger charge is 2.04. The molecule has 3 aromatic rings. The summed E-state index contributed by atoms with van der Waals surface area (Å²) in [7, 11) is 0. The van der Waals surface area contributed by atoms with Crippen molar-refractivity contribution in [2.24, 2.45) is 0 Å². The summed E-state index contributed by atoms with van der Waals surface area (Å²) in [6.45, 7) is 1.10. The number of halogens is 1. The number of nitrogens with one attached hydrogen (secondary N) is 2. The van der Waals surface area contributed by atoms with E-state index in [-0.39, 0.29) is 6.03 Å². The Morgan fingerprint density at radius 2 is 1.83 bits per heavy atom. The van der Waals surface area contributed by atoms with Crippen molar-refractivity contribution in [3.8, 4) is 0 Å². The van der Waals surface area contributed by atoms with Crippen LogP contribution in [0.4, 0.5) is 10.5 Å². The van der Waals surface area contributed by atoms with Crippen molar-refractivity contribution < 1.29 is 4.79 Å². The van der Waals surface area contributed by atoms with E-state index in [1.54, 1.807) is 23.1 Å². The number of hydrogen-bond acceptors (Lipinski definition) is 3. The summed E-state index contributed by atoms with van der Waals surface area (Å²) in [5, 5.41) is 10.1. The average molecular weight is 342 g/mol. The Kier molecular flexibility index (Phi) is 5.08. The quantitative estimate of drug-likeness (QED) is 0.748. The fourth-order valence-corrected chi connectivity index (χ4v) is 2.36. The second-order valence-corrected chi connectivity index (χ2v) is 5.60. The summed E-state index contributed by atoms with van der Waals surface area (Å²) in [6, 6.07) is 14.8. The molecule has 0 aliphatic carbocycles. The largest absolute Gasteiger partial charge is 0.334 e. The Morgan fingerprint density at radius 3 is 2.54 bits per heavy atom. The summed E-state index contributed by atoms with van der Waals surface area (Å²) in [6.07, 6.45) is 3.18. The number of aromatic nitrogens is 3. The van der Waals surface area contributed by atoms with Crippen molar-refractivity contribution in [1.29, 1.82) is 0 Å². The highest BCUT2D eigenvalue weighted by molar-refractivity contribution is 6.33. The first-order valence-electron chi connectivity index (χ1n) is 7.40. The van der Waals surface area contributed by atoms with Crippen LogP contribution in [-0.4, -0.2) is 20.8 Å². The maximum absolute atomic E-state index is 11.9. The van der Waals surface area contributed by atoms with E-state index in [2.05, 4.69) is 20.7 Å². The lowest BCUT2D eigenvalue weighted by atomic mass is 10.1. The van der Waals surface area contributed by atoms with Gasteiger partial charge < -0.3 is 10.6 Å². The monoisotopic (exact) mass is 341 g/mol. The predicted molar refractivity (Wildman–Crippen MR) is 92.9 cm³/mol. The highest BCUT2D eigenvalue weighted by atomic mass is 35.5. The number of nitrogens with zero attached hydrogens (tertiary/aromatic N) is 3. The normalized spacial score (nSPS) is 10.4. The number of anilines is 1. The van der Waals surface area contributed by atoms with Crippen LogP contribution < -0.4 is 10.6 Å². The van der Waals surface area contributed by atoms with E-state index in [0.717, 1.165) is 11.1 Å². The van der Waals surface area contributed by atoms with Gasteiger partial charge in [-0.25, -0.2) is 14.5 Å². The molecule has 0 aliphatic rings. The van der Waals surface area contributed by atoms with Gasteiger partial charge in [-0.15, -0.1) is 0 Å². The van der Waals surface area contributed by atoms with Gasteiger partial charge in [-0.2, -0.15) is 5.10 Å². The minimum absolute atomic E-state index is 0.296. The summed E-state index contributed by atoms with van der Waals surface area (Å²) in [5.74, 6) is 0. The summed E-state index contributed by atoms with van der Waals surface area (Å²) < 4.78 is 1.75. The summed E-state index contributed by atoms with van der Waals surface area (Å²) in [4.78, 5) is 15.8. The van der Waals surface area contributed by atoms with Gasteiger partial charge in [-0.1, -0.05) is 48.0 Å². The van der Waals surface area contributed by atoms with Crippen LogP contribution >= 0.6 is 11.6 Å². The fraction of sp³-hybridized carbons (Fsp3) is 0.118. The third-order valence-corrected chi connectivity index (χ3v) is 3.74. The molecule has 2 aromatic carbocycles. The van der Waals surface area contributed by atoms with Gasteiger partial charge in [-0.3, -0.25) is 0 Å². The molecule has 0 spiro atoms. The van der Waals surface area contributed by atoms with Gasteiger partial charge in [0.1, 0.15) is 12.7 Å². The van der Waals surface area contributed by atoms with Crippen LogP contribution in [0, 0.1) is 0 Å². The summed E-state index contributed by atoms with van der Waals surface area (Å²) in [5.41, 5.74) is 2.70. The Labute approximate surface area is 144 Å². The van der Waals surface area contributed by atoms with Gasteiger partial charge in [0.05, 0.1) is 17.3 Å². The molecule has 122 valence electrons. The maximum Gasteiger partial charge on any atom is 0.319 e. The highest BCUT2D eigenvalue weighted by Crippen LogP contribution is 2.20. The molecule has 1 heterocycles. The second-order valence-electron chi connectivity index (χ2n) is 5.20. The smallest absolute Gasteiger partial charge is 0.319 e. The molecule has 7 heteroatoms. The molecule has 6 nitrogen and oxygen atoms in total. The van der Waals surface area contributed by atoms with Crippen molar-refractivity contribution in [3.63, 3.8) is 0 Å². The lowest BCUT2D eigenvalue weighted by Crippen LogP contribution is -2.28. The van der Waals surface area contributed by atoms with Crippen molar-refractivity contribution in [3.05, 3.63) is 77.3 Å². The van der Waals surface area contributed by atoms with Crippen LogP contribution in [0.5, 0.6) is 0 Å². The third kappa shape index (κ3) is 4.33. The predicted octanol–water partition coefficient (Wildman–Crippen LogP) is 3.30.